The summed E-state index contributed by atoms with van der Waals surface area (Å²) >= 11 is 0. The SMILES string of the molecule is CNC(=O)c1cncc(C=CC(=O)OCCOc2cccnc2)c1. The number of nitrogens with zero attached hydrogens (tertiary/aromatic N) is 2. The van der Waals surface area contributed by atoms with Gasteiger partial charge in [0.1, 0.15) is 19.0 Å². The number of rotatable bonds is 7. The maximum absolute atomic E-state index is 11.6. The summed E-state index contributed by atoms with van der Waals surface area (Å²) in [6.07, 6.45) is 9.02. The van der Waals surface area contributed by atoms with E-state index in [0.29, 0.717) is 16.9 Å². The Bertz CT molecular complexity index is 717. The molecule has 2 heterocycles. The summed E-state index contributed by atoms with van der Waals surface area (Å²) in [6, 6.07) is 5.15. The smallest absolute Gasteiger partial charge is 0.330 e. The molecule has 0 saturated carbocycles. The van der Waals surface area contributed by atoms with Crippen LogP contribution in [-0.4, -0.2) is 42.1 Å². The Morgan fingerprint density at radius 1 is 1.21 bits per heavy atom. The van der Waals surface area contributed by atoms with Gasteiger partial charge in [0.15, 0.2) is 0 Å². The van der Waals surface area contributed by atoms with Crippen LogP contribution in [0.15, 0.2) is 49.1 Å². The fraction of sp³-hybridized carbons (Fsp3) is 0.176. The molecule has 0 aliphatic carbocycles. The summed E-state index contributed by atoms with van der Waals surface area (Å²) < 4.78 is 10.4. The van der Waals surface area contributed by atoms with Crippen molar-refractivity contribution >= 4 is 18.0 Å². The summed E-state index contributed by atoms with van der Waals surface area (Å²) in [7, 11) is 1.54. The number of carbonyl (C=O) groups is 2. The molecule has 0 bridgehead atoms. The summed E-state index contributed by atoms with van der Waals surface area (Å²) in [5, 5.41) is 2.51. The van der Waals surface area contributed by atoms with Crippen LogP contribution in [0.3, 0.4) is 0 Å². The molecule has 7 nitrogen and oxygen atoms in total. The van der Waals surface area contributed by atoms with Crippen molar-refractivity contribution in [3.05, 3.63) is 60.2 Å². The standard InChI is InChI=1S/C17H17N3O4/c1-18-17(22)14-9-13(10-20-11-14)4-5-16(21)24-8-7-23-15-3-2-6-19-12-15/h2-6,9-12H,7-8H2,1H3,(H,18,22). The molecule has 0 unspecified atom stereocenters. The number of aromatic nitrogens is 2. The minimum Gasteiger partial charge on any atom is -0.488 e. The van der Waals surface area contributed by atoms with Gasteiger partial charge in [0.2, 0.25) is 0 Å². The fourth-order valence-electron chi connectivity index (χ4n) is 1.76. The first-order valence-electron chi connectivity index (χ1n) is 7.24. The van der Waals surface area contributed by atoms with E-state index in [4.69, 9.17) is 9.47 Å². The number of hydrogen-bond donors (Lipinski definition) is 1. The van der Waals surface area contributed by atoms with Gasteiger partial charge in [-0.25, -0.2) is 4.79 Å². The van der Waals surface area contributed by atoms with Crippen LogP contribution in [0.1, 0.15) is 15.9 Å². The van der Waals surface area contributed by atoms with Gasteiger partial charge in [-0.1, -0.05) is 0 Å². The molecule has 24 heavy (non-hydrogen) atoms. The molecule has 0 aliphatic heterocycles. The van der Waals surface area contributed by atoms with Gasteiger partial charge in [0, 0.05) is 31.7 Å². The quantitative estimate of drug-likeness (QED) is 0.470. The summed E-state index contributed by atoms with van der Waals surface area (Å²) in [6.45, 7) is 0.355. The second-order valence-corrected chi connectivity index (χ2v) is 4.62. The number of pyridine rings is 2. The molecule has 2 rings (SSSR count). The summed E-state index contributed by atoms with van der Waals surface area (Å²) in [5.74, 6) is -0.135. The van der Waals surface area contributed by atoms with Gasteiger partial charge in [-0.05, 0) is 29.8 Å². The van der Waals surface area contributed by atoms with Gasteiger partial charge in [-0.2, -0.15) is 0 Å². The van der Waals surface area contributed by atoms with Crippen molar-refractivity contribution in [2.75, 3.05) is 20.3 Å². The zero-order chi connectivity index (χ0) is 17.2. The number of nitrogens with one attached hydrogen (secondary N) is 1. The lowest BCUT2D eigenvalue weighted by molar-refractivity contribution is -0.138. The van der Waals surface area contributed by atoms with Crippen molar-refractivity contribution in [1.29, 1.82) is 0 Å². The third kappa shape index (κ3) is 5.53. The molecular formula is C17H17N3O4. The Hall–Kier alpha value is -3.22. The van der Waals surface area contributed by atoms with Crippen LogP contribution in [0.5, 0.6) is 5.75 Å². The van der Waals surface area contributed by atoms with Crippen molar-refractivity contribution in [2.24, 2.45) is 0 Å². The van der Waals surface area contributed by atoms with E-state index in [-0.39, 0.29) is 19.1 Å². The van der Waals surface area contributed by atoms with Crippen molar-refractivity contribution in [3.63, 3.8) is 0 Å². The molecule has 1 N–H and O–H groups in total. The highest BCUT2D eigenvalue weighted by Crippen LogP contribution is 2.06. The molecule has 2 aromatic rings. The molecule has 0 saturated heterocycles. The van der Waals surface area contributed by atoms with Crippen molar-refractivity contribution in [1.82, 2.24) is 15.3 Å². The van der Waals surface area contributed by atoms with Gasteiger partial charge in [0.25, 0.3) is 5.91 Å². The highest BCUT2D eigenvalue weighted by Gasteiger charge is 2.04. The second-order valence-electron chi connectivity index (χ2n) is 4.62. The van der Waals surface area contributed by atoms with Gasteiger partial charge >= 0.3 is 5.97 Å². The van der Waals surface area contributed by atoms with Crippen LogP contribution in [0.25, 0.3) is 6.08 Å². The minimum absolute atomic E-state index is 0.120. The molecule has 0 radical (unpaired) electrons. The average molecular weight is 327 g/mol. The van der Waals surface area contributed by atoms with E-state index in [1.54, 1.807) is 36.8 Å². The van der Waals surface area contributed by atoms with E-state index in [1.807, 2.05) is 0 Å². The first-order chi connectivity index (χ1) is 11.7. The van der Waals surface area contributed by atoms with Crippen LogP contribution in [-0.2, 0) is 9.53 Å². The lowest BCUT2D eigenvalue weighted by atomic mass is 10.2. The predicted octanol–water partition coefficient (Wildman–Crippen LogP) is 1.47. The number of esters is 1. The predicted molar refractivity (Wildman–Crippen MR) is 87.4 cm³/mol. The number of carbonyl (C=O) groups excluding carboxylic acids is 2. The Kier molecular flexibility index (Phi) is 6.46. The van der Waals surface area contributed by atoms with Crippen molar-refractivity contribution in [3.8, 4) is 5.75 Å². The van der Waals surface area contributed by atoms with Gasteiger partial charge in [0.05, 0.1) is 11.8 Å². The number of ether oxygens (including phenoxy) is 2. The molecule has 0 aliphatic rings. The van der Waals surface area contributed by atoms with Crippen LogP contribution in [0.4, 0.5) is 0 Å². The molecule has 0 aromatic carbocycles. The lowest BCUT2D eigenvalue weighted by Crippen LogP contribution is -2.17. The molecule has 0 fully saturated rings. The van der Waals surface area contributed by atoms with E-state index in [9.17, 15) is 9.59 Å². The van der Waals surface area contributed by atoms with Crippen LogP contribution in [0, 0.1) is 0 Å². The zero-order valence-electron chi connectivity index (χ0n) is 13.1. The van der Waals surface area contributed by atoms with Gasteiger partial charge in [-0.3, -0.25) is 14.8 Å². The number of amides is 1. The van der Waals surface area contributed by atoms with Crippen LogP contribution >= 0.6 is 0 Å². The third-order valence-electron chi connectivity index (χ3n) is 2.89. The summed E-state index contributed by atoms with van der Waals surface area (Å²) in [4.78, 5) is 31.0. The maximum Gasteiger partial charge on any atom is 0.330 e. The molecule has 0 atom stereocenters. The molecule has 2 aromatic heterocycles. The Morgan fingerprint density at radius 2 is 2.08 bits per heavy atom. The van der Waals surface area contributed by atoms with E-state index in [1.165, 1.54) is 25.4 Å². The molecular weight excluding hydrogens is 310 g/mol. The van der Waals surface area contributed by atoms with Crippen LogP contribution < -0.4 is 10.1 Å². The minimum atomic E-state index is -0.505. The first-order valence-corrected chi connectivity index (χ1v) is 7.24. The van der Waals surface area contributed by atoms with E-state index >= 15 is 0 Å². The lowest BCUT2D eigenvalue weighted by Gasteiger charge is -2.05. The third-order valence-corrected chi connectivity index (χ3v) is 2.89. The highest BCUT2D eigenvalue weighted by atomic mass is 16.6. The monoisotopic (exact) mass is 327 g/mol. The maximum atomic E-state index is 11.6. The Morgan fingerprint density at radius 3 is 2.83 bits per heavy atom. The molecule has 7 heteroatoms. The van der Waals surface area contributed by atoms with Crippen LogP contribution in [0.2, 0.25) is 0 Å². The van der Waals surface area contributed by atoms with Crippen molar-refractivity contribution in [2.45, 2.75) is 0 Å². The highest BCUT2D eigenvalue weighted by molar-refractivity contribution is 5.94. The molecule has 124 valence electrons. The van der Waals surface area contributed by atoms with Gasteiger partial charge < -0.3 is 14.8 Å². The Labute approximate surface area is 139 Å². The second kappa shape index (κ2) is 9.04. The van der Waals surface area contributed by atoms with E-state index < -0.39 is 5.97 Å². The topological polar surface area (TPSA) is 90.4 Å². The van der Waals surface area contributed by atoms with Crippen molar-refractivity contribution < 1.29 is 19.1 Å². The van der Waals surface area contributed by atoms with E-state index in [0.717, 1.165) is 0 Å². The van der Waals surface area contributed by atoms with Gasteiger partial charge in [-0.15, -0.1) is 0 Å². The Balaban J connectivity index is 1.77. The average Bonchev–Trinajstić information content (AvgIpc) is 2.64. The molecule has 0 spiro atoms. The molecule has 1 amide bonds. The zero-order valence-corrected chi connectivity index (χ0v) is 13.1. The normalized spacial score (nSPS) is 10.4. The largest absolute Gasteiger partial charge is 0.488 e. The fourth-order valence-corrected chi connectivity index (χ4v) is 1.76. The van der Waals surface area contributed by atoms with E-state index in [2.05, 4.69) is 15.3 Å². The summed E-state index contributed by atoms with van der Waals surface area (Å²) in [5.41, 5.74) is 1.04. The first kappa shape index (κ1) is 17.1. The number of hydrogen-bond acceptors (Lipinski definition) is 6.